The molecule has 3 heteroatoms. The molecule has 0 amide bonds. The first-order valence-electron chi connectivity index (χ1n) is 6.90. The van der Waals surface area contributed by atoms with Crippen molar-refractivity contribution in [3.8, 4) is 11.3 Å². The van der Waals surface area contributed by atoms with Gasteiger partial charge < -0.3 is 4.57 Å². The largest absolute Gasteiger partial charge is 0.332 e. The van der Waals surface area contributed by atoms with Crippen LogP contribution >= 0.6 is 11.3 Å². The van der Waals surface area contributed by atoms with Crippen molar-refractivity contribution < 1.29 is 0 Å². The zero-order chi connectivity index (χ0) is 14.1. The van der Waals surface area contributed by atoms with Crippen molar-refractivity contribution in [3.05, 3.63) is 77.4 Å². The molecule has 0 aliphatic carbocycles. The quantitative estimate of drug-likeness (QED) is 0.529. The molecule has 2 heterocycles. The molecule has 102 valence electrons. The highest BCUT2D eigenvalue weighted by Gasteiger charge is 2.03. The van der Waals surface area contributed by atoms with Gasteiger partial charge in [-0.2, -0.15) is 11.3 Å². The van der Waals surface area contributed by atoms with Crippen molar-refractivity contribution in [2.75, 3.05) is 0 Å². The summed E-state index contributed by atoms with van der Waals surface area (Å²) >= 11 is 1.70. The average molecular weight is 290 g/mol. The van der Waals surface area contributed by atoms with Crippen LogP contribution < -0.4 is 0 Å². The van der Waals surface area contributed by atoms with Gasteiger partial charge in [-0.25, -0.2) is 4.98 Å². The molecule has 4 rings (SSSR count). The second-order valence-electron chi connectivity index (χ2n) is 5.12. The first kappa shape index (κ1) is 12.4. The smallest absolute Gasteiger partial charge is 0.0956 e. The Hall–Kier alpha value is -2.39. The Morgan fingerprint density at radius 2 is 1.90 bits per heavy atom. The van der Waals surface area contributed by atoms with Crippen LogP contribution in [0.2, 0.25) is 0 Å². The number of fused-ring (bicyclic) bond motifs is 1. The van der Waals surface area contributed by atoms with E-state index in [2.05, 4.69) is 75.0 Å². The van der Waals surface area contributed by atoms with Crippen LogP contribution in [0.15, 0.2) is 71.8 Å². The van der Waals surface area contributed by atoms with Crippen molar-refractivity contribution in [2.45, 2.75) is 6.54 Å². The van der Waals surface area contributed by atoms with E-state index < -0.39 is 0 Å². The van der Waals surface area contributed by atoms with E-state index >= 15 is 0 Å². The zero-order valence-electron chi connectivity index (χ0n) is 11.4. The predicted molar refractivity (Wildman–Crippen MR) is 88.6 cm³/mol. The Bertz CT molecular complexity index is 875. The number of hydrogen-bond donors (Lipinski definition) is 0. The molecule has 0 saturated heterocycles. The number of imidazole rings is 1. The molecule has 21 heavy (non-hydrogen) atoms. The van der Waals surface area contributed by atoms with Crippen LogP contribution in [0.3, 0.4) is 0 Å². The lowest BCUT2D eigenvalue weighted by Gasteiger charge is -2.04. The van der Waals surface area contributed by atoms with Gasteiger partial charge in [0.15, 0.2) is 0 Å². The van der Waals surface area contributed by atoms with E-state index in [1.54, 1.807) is 11.3 Å². The normalized spacial score (nSPS) is 11.0. The van der Waals surface area contributed by atoms with Crippen molar-refractivity contribution in [3.63, 3.8) is 0 Å². The van der Waals surface area contributed by atoms with Gasteiger partial charge in [-0.05, 0) is 33.8 Å². The van der Waals surface area contributed by atoms with Crippen LogP contribution in [0.4, 0.5) is 0 Å². The van der Waals surface area contributed by atoms with Crippen LogP contribution in [0.25, 0.3) is 22.0 Å². The summed E-state index contributed by atoms with van der Waals surface area (Å²) in [5, 5.41) is 6.78. The van der Waals surface area contributed by atoms with Crippen LogP contribution in [0.1, 0.15) is 5.56 Å². The molecule has 4 aromatic rings. The van der Waals surface area contributed by atoms with Gasteiger partial charge in [-0.3, -0.25) is 0 Å². The first-order valence-corrected chi connectivity index (χ1v) is 7.85. The van der Waals surface area contributed by atoms with Gasteiger partial charge in [0.1, 0.15) is 0 Å². The second kappa shape index (κ2) is 5.19. The number of thiophene rings is 1. The third-order valence-electron chi connectivity index (χ3n) is 3.63. The van der Waals surface area contributed by atoms with Gasteiger partial charge >= 0.3 is 0 Å². The Kier molecular flexibility index (Phi) is 3.05. The molecule has 2 nitrogen and oxygen atoms in total. The van der Waals surface area contributed by atoms with Gasteiger partial charge in [0.25, 0.3) is 0 Å². The molecule has 0 bridgehead atoms. The minimum atomic E-state index is 0.849. The van der Waals surface area contributed by atoms with Crippen LogP contribution in [-0.2, 0) is 6.54 Å². The van der Waals surface area contributed by atoms with Gasteiger partial charge in [0.05, 0.1) is 12.0 Å². The summed E-state index contributed by atoms with van der Waals surface area (Å²) in [5.41, 5.74) is 3.53. The summed E-state index contributed by atoms with van der Waals surface area (Å²) in [7, 11) is 0. The van der Waals surface area contributed by atoms with E-state index in [9.17, 15) is 0 Å². The molecule has 0 aliphatic rings. The van der Waals surface area contributed by atoms with Crippen molar-refractivity contribution in [1.82, 2.24) is 9.55 Å². The topological polar surface area (TPSA) is 17.8 Å². The fraction of sp³-hybridized carbons (Fsp3) is 0.0556. The Morgan fingerprint density at radius 1 is 1.00 bits per heavy atom. The summed E-state index contributed by atoms with van der Waals surface area (Å²) in [6.45, 7) is 0.849. The lowest BCUT2D eigenvalue weighted by Crippen LogP contribution is -1.96. The Morgan fingerprint density at radius 3 is 2.76 bits per heavy atom. The summed E-state index contributed by atoms with van der Waals surface area (Å²) in [5.74, 6) is 0. The van der Waals surface area contributed by atoms with Crippen molar-refractivity contribution >= 4 is 22.1 Å². The average Bonchev–Trinajstić information content (AvgIpc) is 3.18. The lowest BCUT2D eigenvalue weighted by molar-refractivity contribution is 0.798. The van der Waals surface area contributed by atoms with Gasteiger partial charge in [0.2, 0.25) is 0 Å². The van der Waals surface area contributed by atoms with E-state index in [-0.39, 0.29) is 0 Å². The Balaban J connectivity index is 1.62. The molecule has 2 aromatic heterocycles. The highest BCUT2D eigenvalue weighted by Crippen LogP contribution is 2.21. The van der Waals surface area contributed by atoms with Crippen molar-refractivity contribution in [2.24, 2.45) is 0 Å². The summed E-state index contributed by atoms with van der Waals surface area (Å²) in [6.07, 6.45) is 4.01. The van der Waals surface area contributed by atoms with Crippen molar-refractivity contribution in [1.29, 1.82) is 0 Å². The van der Waals surface area contributed by atoms with Crippen LogP contribution in [0.5, 0.6) is 0 Å². The highest BCUT2D eigenvalue weighted by atomic mass is 32.1. The maximum atomic E-state index is 4.49. The first-order chi connectivity index (χ1) is 10.4. The minimum absolute atomic E-state index is 0.849. The fourth-order valence-corrected chi connectivity index (χ4v) is 3.20. The van der Waals surface area contributed by atoms with Crippen LogP contribution in [0, 0.1) is 0 Å². The summed E-state index contributed by atoms with van der Waals surface area (Å²) in [6, 6.07) is 17.2. The monoisotopic (exact) mass is 290 g/mol. The number of aromatic nitrogens is 2. The molecule has 0 spiro atoms. The van der Waals surface area contributed by atoms with Gasteiger partial charge in [-0.15, -0.1) is 0 Å². The maximum absolute atomic E-state index is 4.49. The molecular formula is C18H14N2S. The number of benzene rings is 2. The van der Waals surface area contributed by atoms with Crippen LogP contribution in [-0.4, -0.2) is 9.55 Å². The van der Waals surface area contributed by atoms with E-state index in [4.69, 9.17) is 0 Å². The molecule has 0 saturated carbocycles. The molecular weight excluding hydrogens is 276 g/mol. The number of hydrogen-bond acceptors (Lipinski definition) is 2. The molecule has 0 radical (unpaired) electrons. The zero-order valence-corrected chi connectivity index (χ0v) is 12.3. The molecule has 2 aromatic carbocycles. The Labute approximate surface area is 127 Å². The third kappa shape index (κ3) is 2.48. The number of rotatable bonds is 3. The van der Waals surface area contributed by atoms with E-state index in [0.717, 1.165) is 12.2 Å². The minimum Gasteiger partial charge on any atom is -0.332 e. The van der Waals surface area contributed by atoms with Gasteiger partial charge in [-0.1, -0.05) is 36.4 Å². The van der Waals surface area contributed by atoms with E-state index in [1.165, 1.54) is 21.9 Å². The molecule has 0 fully saturated rings. The highest BCUT2D eigenvalue weighted by molar-refractivity contribution is 7.08. The van der Waals surface area contributed by atoms with Gasteiger partial charge in [0, 0.05) is 23.7 Å². The predicted octanol–water partition coefficient (Wildman–Crippen LogP) is 4.81. The SMILES string of the molecule is c1ccc2cc(Cn3cnc(-c4ccsc4)c3)ccc2c1. The standard InChI is InChI=1S/C18H14N2S/c1-2-4-16-9-14(5-6-15(16)3-1)10-20-11-18(19-13-20)17-7-8-21-12-17/h1-9,11-13H,10H2. The summed E-state index contributed by atoms with van der Waals surface area (Å²) < 4.78 is 2.14. The van der Waals surface area contributed by atoms with E-state index in [0.29, 0.717) is 0 Å². The molecule has 0 N–H and O–H groups in total. The maximum Gasteiger partial charge on any atom is 0.0956 e. The number of nitrogens with zero attached hydrogens (tertiary/aromatic N) is 2. The fourth-order valence-electron chi connectivity index (χ4n) is 2.55. The third-order valence-corrected chi connectivity index (χ3v) is 4.31. The van der Waals surface area contributed by atoms with E-state index in [1.807, 2.05) is 6.33 Å². The molecule has 0 atom stereocenters. The molecule has 0 unspecified atom stereocenters. The second-order valence-corrected chi connectivity index (χ2v) is 5.90. The lowest BCUT2D eigenvalue weighted by atomic mass is 10.1. The molecule has 0 aliphatic heterocycles. The summed E-state index contributed by atoms with van der Waals surface area (Å²) in [4.78, 5) is 4.49.